The first-order valence-electron chi connectivity index (χ1n) is 6.47. The number of amides is 1. The Kier molecular flexibility index (Phi) is 3.10. The Balaban J connectivity index is 2.01. The van der Waals surface area contributed by atoms with Crippen LogP contribution in [-0.4, -0.2) is 54.2 Å². The van der Waals surface area contributed by atoms with E-state index in [9.17, 15) is 9.90 Å². The fourth-order valence-electron chi connectivity index (χ4n) is 2.43. The van der Waals surface area contributed by atoms with Gasteiger partial charge in [-0.15, -0.1) is 0 Å². The van der Waals surface area contributed by atoms with Gasteiger partial charge in [0.25, 0.3) is 0 Å². The smallest absolute Gasteiger partial charge is 0.250 e. The second kappa shape index (κ2) is 4.79. The predicted octanol–water partition coefficient (Wildman–Crippen LogP) is 0.426. The highest BCUT2D eigenvalue weighted by Gasteiger charge is 2.33. The van der Waals surface area contributed by atoms with Crippen LogP contribution in [0.25, 0.3) is 0 Å². The zero-order valence-corrected chi connectivity index (χ0v) is 11.4. The molecule has 106 valence electrons. The maximum absolute atomic E-state index is 11.9. The summed E-state index contributed by atoms with van der Waals surface area (Å²) >= 11 is 0. The monoisotopic (exact) mass is 276 g/mol. The molecule has 6 heteroatoms. The Bertz CT molecular complexity index is 585. The molecule has 2 atom stereocenters. The van der Waals surface area contributed by atoms with Crippen LogP contribution in [0.2, 0.25) is 0 Å². The highest BCUT2D eigenvalue weighted by atomic mass is 16.7. The van der Waals surface area contributed by atoms with Crippen molar-refractivity contribution in [2.24, 2.45) is 4.99 Å². The van der Waals surface area contributed by atoms with Crippen LogP contribution in [-0.2, 0) is 4.79 Å². The van der Waals surface area contributed by atoms with E-state index in [1.165, 1.54) is 0 Å². The molecule has 1 N–H and O–H groups in total. The van der Waals surface area contributed by atoms with Crippen LogP contribution >= 0.6 is 0 Å². The Morgan fingerprint density at radius 2 is 2.15 bits per heavy atom. The van der Waals surface area contributed by atoms with Gasteiger partial charge in [-0.1, -0.05) is 0 Å². The number of fused-ring (bicyclic) bond motifs is 1. The molecule has 3 rings (SSSR count). The average Bonchev–Trinajstić information content (AvgIpc) is 2.92. The van der Waals surface area contributed by atoms with Gasteiger partial charge >= 0.3 is 0 Å². The van der Waals surface area contributed by atoms with Crippen LogP contribution in [0.1, 0.15) is 12.5 Å². The third-order valence-electron chi connectivity index (χ3n) is 3.75. The van der Waals surface area contributed by atoms with Gasteiger partial charge in [0.05, 0.1) is 18.4 Å². The van der Waals surface area contributed by atoms with Crippen molar-refractivity contribution < 1.29 is 19.4 Å². The predicted molar refractivity (Wildman–Crippen MR) is 72.2 cm³/mol. The molecule has 0 aliphatic carbocycles. The molecule has 20 heavy (non-hydrogen) atoms. The number of hydrogen-bond acceptors (Lipinski definition) is 5. The molecule has 0 fully saturated rings. The maximum atomic E-state index is 11.9. The fraction of sp³-hybridized carbons (Fsp3) is 0.429. The quantitative estimate of drug-likeness (QED) is 0.850. The van der Waals surface area contributed by atoms with E-state index < -0.39 is 6.04 Å². The summed E-state index contributed by atoms with van der Waals surface area (Å²) in [5.74, 6) is 1.22. The molecule has 2 heterocycles. The van der Waals surface area contributed by atoms with Crippen molar-refractivity contribution in [2.45, 2.75) is 19.0 Å². The lowest BCUT2D eigenvalue weighted by atomic mass is 9.99. The number of aliphatic imine (C=N–C) groups is 1. The van der Waals surface area contributed by atoms with Crippen LogP contribution in [0.4, 0.5) is 0 Å². The summed E-state index contributed by atoms with van der Waals surface area (Å²) in [4.78, 5) is 17.9. The molecule has 6 nitrogen and oxygen atoms in total. The Morgan fingerprint density at radius 3 is 2.90 bits per heavy atom. The van der Waals surface area contributed by atoms with Crippen LogP contribution in [0.3, 0.4) is 0 Å². The fourth-order valence-corrected chi connectivity index (χ4v) is 2.43. The van der Waals surface area contributed by atoms with Crippen LogP contribution < -0.4 is 9.47 Å². The first-order valence-corrected chi connectivity index (χ1v) is 6.47. The average molecular weight is 276 g/mol. The largest absolute Gasteiger partial charge is 0.454 e. The van der Waals surface area contributed by atoms with Crippen molar-refractivity contribution in [3.8, 4) is 11.5 Å². The van der Waals surface area contributed by atoms with E-state index in [0.29, 0.717) is 11.5 Å². The van der Waals surface area contributed by atoms with Crippen molar-refractivity contribution in [1.29, 1.82) is 0 Å². The molecule has 1 amide bonds. The number of ether oxygens (including phenoxy) is 2. The topological polar surface area (TPSA) is 71.4 Å². The van der Waals surface area contributed by atoms with Gasteiger partial charge in [-0.3, -0.25) is 9.79 Å². The zero-order chi connectivity index (χ0) is 14.3. The van der Waals surface area contributed by atoms with Crippen LogP contribution in [0.5, 0.6) is 11.5 Å². The van der Waals surface area contributed by atoms with E-state index in [4.69, 9.17) is 9.47 Å². The number of benzene rings is 1. The molecule has 0 saturated heterocycles. The van der Waals surface area contributed by atoms with Gasteiger partial charge in [-0.25, -0.2) is 0 Å². The number of rotatable bonds is 2. The third kappa shape index (κ3) is 1.92. The van der Waals surface area contributed by atoms with Gasteiger partial charge in [0.2, 0.25) is 12.7 Å². The molecule has 0 radical (unpaired) electrons. The number of aliphatic hydroxyl groups is 1. The van der Waals surface area contributed by atoms with E-state index in [0.717, 1.165) is 11.3 Å². The summed E-state index contributed by atoms with van der Waals surface area (Å²) in [7, 11) is 1.72. The maximum Gasteiger partial charge on any atom is 0.250 e. The molecular weight excluding hydrogens is 260 g/mol. The summed E-state index contributed by atoms with van der Waals surface area (Å²) < 4.78 is 10.6. The minimum atomic E-state index is -0.725. The number of carbonyl (C=O) groups excluding carboxylic acids is 1. The van der Waals surface area contributed by atoms with Crippen LogP contribution in [0.15, 0.2) is 23.2 Å². The number of nitrogens with zero attached hydrogens (tertiary/aromatic N) is 2. The van der Waals surface area contributed by atoms with E-state index in [2.05, 4.69) is 4.99 Å². The van der Waals surface area contributed by atoms with Crippen molar-refractivity contribution >= 4 is 11.6 Å². The van der Waals surface area contributed by atoms with Gasteiger partial charge in [-0.05, 0) is 25.1 Å². The summed E-state index contributed by atoms with van der Waals surface area (Å²) in [5.41, 5.74) is 1.64. The van der Waals surface area contributed by atoms with Crippen LogP contribution in [0, 0.1) is 0 Å². The lowest BCUT2D eigenvalue weighted by Gasteiger charge is -2.33. The molecule has 1 unspecified atom stereocenters. The molecular formula is C14H16N2O4. The molecule has 1 aromatic carbocycles. The second-order valence-electron chi connectivity index (χ2n) is 4.91. The number of likely N-dealkylation sites (N-methyl/N-ethyl adjacent to an activating group) is 1. The lowest BCUT2D eigenvalue weighted by molar-refractivity contribution is -0.133. The van der Waals surface area contributed by atoms with E-state index >= 15 is 0 Å². The minimum Gasteiger partial charge on any atom is -0.454 e. The Morgan fingerprint density at radius 1 is 1.40 bits per heavy atom. The Labute approximate surface area is 116 Å². The van der Waals surface area contributed by atoms with Gasteiger partial charge in [0.15, 0.2) is 17.5 Å². The van der Waals surface area contributed by atoms with E-state index in [-0.39, 0.29) is 25.3 Å². The standard InChI is InChI=1S/C14H16N2O4/c1-8-13(15-10(6-17)14(18)16(8)2)9-3-4-11-12(5-9)20-7-19-11/h3-5,8,10,17H,6-7H2,1-2H3/t8?,10-/m0/s1. The van der Waals surface area contributed by atoms with Gasteiger partial charge in [0.1, 0.15) is 0 Å². The Hall–Kier alpha value is -2.08. The van der Waals surface area contributed by atoms with Crippen molar-refractivity contribution in [2.75, 3.05) is 20.4 Å². The normalized spacial score (nSPS) is 24.9. The summed E-state index contributed by atoms with van der Waals surface area (Å²) in [5, 5.41) is 9.29. The molecule has 1 aromatic rings. The molecule has 0 bridgehead atoms. The lowest BCUT2D eigenvalue weighted by Crippen LogP contribution is -2.50. The molecule has 0 aromatic heterocycles. The van der Waals surface area contributed by atoms with E-state index in [1.54, 1.807) is 11.9 Å². The van der Waals surface area contributed by atoms with Gasteiger partial charge in [-0.2, -0.15) is 0 Å². The minimum absolute atomic E-state index is 0.148. The van der Waals surface area contributed by atoms with Gasteiger partial charge in [0, 0.05) is 12.6 Å². The number of hydrogen-bond donors (Lipinski definition) is 1. The first-order chi connectivity index (χ1) is 9.61. The number of aliphatic hydroxyl groups excluding tert-OH is 1. The summed E-state index contributed by atoms with van der Waals surface area (Å²) in [6.07, 6.45) is 0. The van der Waals surface area contributed by atoms with E-state index in [1.807, 2.05) is 25.1 Å². The van der Waals surface area contributed by atoms with Crippen molar-refractivity contribution in [1.82, 2.24) is 4.90 Å². The highest BCUT2D eigenvalue weighted by molar-refractivity contribution is 6.09. The molecule has 0 saturated carbocycles. The summed E-state index contributed by atoms with van der Waals surface area (Å²) in [6, 6.07) is 4.70. The van der Waals surface area contributed by atoms with Crippen molar-refractivity contribution in [3.63, 3.8) is 0 Å². The molecule has 2 aliphatic heterocycles. The molecule has 0 spiro atoms. The van der Waals surface area contributed by atoms with Gasteiger partial charge < -0.3 is 19.5 Å². The number of carbonyl (C=O) groups is 1. The molecule has 2 aliphatic rings. The van der Waals surface area contributed by atoms with Crippen molar-refractivity contribution in [3.05, 3.63) is 23.8 Å². The highest BCUT2D eigenvalue weighted by Crippen LogP contribution is 2.33. The third-order valence-corrected chi connectivity index (χ3v) is 3.75. The zero-order valence-electron chi connectivity index (χ0n) is 11.4. The SMILES string of the molecule is CC1C(c2ccc3c(c2)OCO3)=N[C@@H](CO)C(=O)N1C. The first kappa shape index (κ1) is 12.9. The second-order valence-corrected chi connectivity index (χ2v) is 4.91. The summed E-state index contributed by atoms with van der Waals surface area (Å²) in [6.45, 7) is 1.84.